The Morgan fingerprint density at radius 3 is 2.31 bits per heavy atom. The highest BCUT2D eigenvalue weighted by molar-refractivity contribution is 6.08. The fourth-order valence-corrected chi connectivity index (χ4v) is 6.08. The molecule has 7 nitrogen and oxygen atoms in total. The molecule has 2 saturated heterocycles. The summed E-state index contributed by atoms with van der Waals surface area (Å²) in [4.78, 5) is 34.3. The van der Waals surface area contributed by atoms with Crippen LogP contribution in [0.25, 0.3) is 21.8 Å². The van der Waals surface area contributed by atoms with Crippen LogP contribution in [-0.2, 0) is 17.9 Å². The molecule has 0 N–H and O–H groups in total. The quantitative estimate of drug-likeness (QED) is 0.485. The van der Waals surface area contributed by atoms with Crippen LogP contribution in [0.5, 0.6) is 0 Å². The molecule has 2 aliphatic rings. The first-order valence-electron chi connectivity index (χ1n) is 12.9. The van der Waals surface area contributed by atoms with Gasteiger partial charge in [0, 0.05) is 67.6 Å². The molecule has 186 valence electrons. The lowest BCUT2D eigenvalue weighted by atomic mass is 9.85. The second kappa shape index (κ2) is 9.28. The van der Waals surface area contributed by atoms with Crippen LogP contribution in [0, 0.1) is 0 Å². The fourth-order valence-electron chi connectivity index (χ4n) is 6.08. The van der Waals surface area contributed by atoms with Gasteiger partial charge in [-0.15, -0.1) is 0 Å². The monoisotopic (exact) mass is 475 g/mol. The molecular formula is C28H37N5O2. The number of aryl methyl sites for hydroxylation is 1. The second-order valence-corrected chi connectivity index (χ2v) is 10.2. The van der Waals surface area contributed by atoms with Gasteiger partial charge in [-0.05, 0) is 64.5 Å². The van der Waals surface area contributed by atoms with Crippen molar-refractivity contribution in [3.63, 3.8) is 0 Å². The van der Waals surface area contributed by atoms with Gasteiger partial charge < -0.3 is 14.4 Å². The number of hydrogen-bond acceptors (Lipinski definition) is 4. The highest BCUT2D eigenvalue weighted by atomic mass is 16.2. The summed E-state index contributed by atoms with van der Waals surface area (Å²) in [6.07, 6.45) is 1.39. The maximum Gasteiger partial charge on any atom is 0.327 e. The molecule has 2 aromatic carbocycles. The summed E-state index contributed by atoms with van der Waals surface area (Å²) in [7, 11) is 3.93. The Kier molecular flexibility index (Phi) is 6.32. The maximum atomic E-state index is 13.5. The van der Waals surface area contributed by atoms with Crippen LogP contribution in [0.3, 0.4) is 0 Å². The average molecular weight is 476 g/mol. The molecule has 0 radical (unpaired) electrons. The minimum absolute atomic E-state index is 0.000329. The zero-order valence-corrected chi connectivity index (χ0v) is 21.5. The number of likely N-dealkylation sites (tertiary alicyclic amines) is 1. The van der Waals surface area contributed by atoms with Crippen LogP contribution in [0.4, 0.5) is 4.79 Å². The first-order chi connectivity index (χ1) is 16.9. The van der Waals surface area contributed by atoms with E-state index in [0.717, 1.165) is 26.2 Å². The van der Waals surface area contributed by atoms with E-state index in [1.165, 1.54) is 32.3 Å². The molecule has 7 heteroatoms. The lowest BCUT2D eigenvalue weighted by molar-refractivity contribution is -0.135. The number of para-hydroxylation sites is 1. The number of benzene rings is 2. The lowest BCUT2D eigenvalue weighted by Gasteiger charge is -2.42. The minimum Gasteiger partial charge on any atom is -0.341 e. The number of fused-ring (bicyclic) bond motifs is 3. The molecule has 3 heterocycles. The summed E-state index contributed by atoms with van der Waals surface area (Å²) in [5, 5.41) is 2.61. The molecule has 5 rings (SSSR count). The largest absolute Gasteiger partial charge is 0.341 e. The van der Waals surface area contributed by atoms with Gasteiger partial charge in [-0.1, -0.05) is 24.3 Å². The number of rotatable bonds is 7. The number of carbonyl (C=O) groups excluding carboxylic acids is 2. The molecule has 0 bridgehead atoms. The maximum absolute atomic E-state index is 13.5. The lowest BCUT2D eigenvalue weighted by Crippen LogP contribution is -2.56. The van der Waals surface area contributed by atoms with E-state index in [9.17, 15) is 9.59 Å². The highest BCUT2D eigenvalue weighted by Gasteiger charge is 2.57. The number of likely N-dealkylation sites (N-methyl/N-ethyl adjacent to an activating group) is 2. The van der Waals surface area contributed by atoms with Crippen LogP contribution in [0.15, 0.2) is 42.5 Å². The van der Waals surface area contributed by atoms with Crippen molar-refractivity contribution < 1.29 is 9.59 Å². The first-order valence-corrected chi connectivity index (χ1v) is 12.9. The van der Waals surface area contributed by atoms with E-state index in [2.05, 4.69) is 58.9 Å². The summed E-state index contributed by atoms with van der Waals surface area (Å²) < 4.78 is 2.38. The van der Waals surface area contributed by atoms with Gasteiger partial charge in [0.25, 0.3) is 5.91 Å². The zero-order valence-electron chi connectivity index (χ0n) is 21.5. The number of hydrogen-bond donors (Lipinski definition) is 0. The van der Waals surface area contributed by atoms with E-state index in [-0.39, 0.29) is 11.9 Å². The third-order valence-corrected chi connectivity index (χ3v) is 7.95. The van der Waals surface area contributed by atoms with Crippen molar-refractivity contribution in [2.45, 2.75) is 45.3 Å². The van der Waals surface area contributed by atoms with Gasteiger partial charge in [-0.2, -0.15) is 0 Å². The van der Waals surface area contributed by atoms with Gasteiger partial charge in [0.05, 0.1) is 0 Å². The molecule has 0 unspecified atom stereocenters. The predicted molar refractivity (Wildman–Crippen MR) is 140 cm³/mol. The molecule has 1 aromatic heterocycles. The van der Waals surface area contributed by atoms with Gasteiger partial charge in [-0.3, -0.25) is 14.6 Å². The summed E-state index contributed by atoms with van der Waals surface area (Å²) in [5.41, 5.74) is 3.18. The molecule has 0 atom stereocenters. The summed E-state index contributed by atoms with van der Waals surface area (Å²) in [6, 6.07) is 15.3. The smallest absolute Gasteiger partial charge is 0.327 e. The van der Waals surface area contributed by atoms with E-state index in [4.69, 9.17) is 0 Å². The third-order valence-electron chi connectivity index (χ3n) is 7.95. The summed E-state index contributed by atoms with van der Waals surface area (Å²) >= 11 is 0. The SMILES string of the molecule is CCN1C(=O)N(CCN(C)C)C(=O)C12CCN(Cc1ccc3c(c1)c1ccccc1n3CC)CC2. The van der Waals surface area contributed by atoms with Crippen LogP contribution in [0.1, 0.15) is 32.3 Å². The highest BCUT2D eigenvalue weighted by Crippen LogP contribution is 2.38. The number of carbonyl (C=O) groups is 2. The fraction of sp³-hybridized carbons (Fsp3) is 0.500. The number of aromatic nitrogens is 1. The van der Waals surface area contributed by atoms with E-state index >= 15 is 0 Å². The Labute approximate surface area is 207 Å². The molecule has 35 heavy (non-hydrogen) atoms. The molecule has 2 fully saturated rings. The topological polar surface area (TPSA) is 52.0 Å². The van der Waals surface area contributed by atoms with Crippen LogP contribution >= 0.6 is 0 Å². The molecule has 3 amide bonds. The van der Waals surface area contributed by atoms with E-state index in [0.29, 0.717) is 32.5 Å². The second-order valence-electron chi connectivity index (χ2n) is 10.2. The van der Waals surface area contributed by atoms with Gasteiger partial charge in [-0.25, -0.2) is 4.79 Å². The number of imide groups is 1. The number of urea groups is 1. The van der Waals surface area contributed by atoms with Crippen LogP contribution in [0.2, 0.25) is 0 Å². The Balaban J connectivity index is 1.33. The Morgan fingerprint density at radius 2 is 1.63 bits per heavy atom. The Bertz CT molecular complexity index is 1250. The Hall–Kier alpha value is -2.90. The number of nitrogens with zero attached hydrogens (tertiary/aromatic N) is 5. The van der Waals surface area contributed by atoms with E-state index in [1.807, 2.05) is 30.8 Å². The van der Waals surface area contributed by atoms with Crippen molar-refractivity contribution in [2.24, 2.45) is 0 Å². The molecule has 2 aliphatic heterocycles. The molecular weight excluding hydrogens is 438 g/mol. The van der Waals surface area contributed by atoms with Crippen molar-refractivity contribution >= 4 is 33.7 Å². The third kappa shape index (κ3) is 3.91. The minimum atomic E-state index is -0.673. The molecule has 0 saturated carbocycles. The van der Waals surface area contributed by atoms with Crippen LogP contribution < -0.4 is 0 Å². The molecule has 1 spiro atoms. The first kappa shape index (κ1) is 23.8. The van der Waals surface area contributed by atoms with Gasteiger partial charge in [0.1, 0.15) is 5.54 Å². The van der Waals surface area contributed by atoms with Crippen molar-refractivity contribution in [3.05, 3.63) is 48.0 Å². The van der Waals surface area contributed by atoms with Crippen molar-refractivity contribution in [1.29, 1.82) is 0 Å². The Morgan fingerprint density at radius 1 is 0.914 bits per heavy atom. The number of piperidine rings is 1. The van der Waals surface area contributed by atoms with Crippen LogP contribution in [-0.4, -0.2) is 88.5 Å². The van der Waals surface area contributed by atoms with E-state index < -0.39 is 5.54 Å². The predicted octanol–water partition coefficient (Wildman–Crippen LogP) is 3.99. The van der Waals surface area contributed by atoms with Crippen molar-refractivity contribution in [3.8, 4) is 0 Å². The van der Waals surface area contributed by atoms with Crippen molar-refractivity contribution in [1.82, 2.24) is 24.2 Å². The standard InChI is InChI=1S/C28H37N5O2/c1-5-31-24-10-8-7-9-22(24)23-19-21(11-12-25(23)31)20-30-15-13-28(14-16-30)26(34)32(18-17-29(3)4)27(35)33(28)6-2/h7-12,19H,5-6,13-18,20H2,1-4H3. The molecule has 3 aromatic rings. The van der Waals surface area contributed by atoms with Crippen molar-refractivity contribution in [2.75, 3.05) is 46.8 Å². The van der Waals surface area contributed by atoms with Gasteiger partial charge in [0.15, 0.2) is 0 Å². The van der Waals surface area contributed by atoms with Gasteiger partial charge >= 0.3 is 6.03 Å². The zero-order chi connectivity index (χ0) is 24.7. The number of amides is 3. The average Bonchev–Trinajstić information content (AvgIpc) is 3.27. The summed E-state index contributed by atoms with van der Waals surface area (Å²) in [5.74, 6) is -0.000329. The van der Waals surface area contributed by atoms with Gasteiger partial charge in [0.2, 0.25) is 0 Å². The normalized spacial score (nSPS) is 18.8. The molecule has 0 aliphatic carbocycles. The van der Waals surface area contributed by atoms with E-state index in [1.54, 1.807) is 0 Å². The summed E-state index contributed by atoms with van der Waals surface area (Å²) in [6.45, 7) is 9.32.